The molecule has 0 aromatic rings. The summed E-state index contributed by atoms with van der Waals surface area (Å²) < 4.78 is 0. The molecule has 0 aromatic heterocycles. The molecule has 0 radical (unpaired) electrons. The molecule has 0 saturated heterocycles. The van der Waals surface area contributed by atoms with Crippen molar-refractivity contribution in [2.45, 2.75) is 57.4 Å². The molecule has 0 spiro atoms. The summed E-state index contributed by atoms with van der Waals surface area (Å²) >= 11 is 0. The average Bonchev–Trinajstić information content (AvgIpc) is 2.76. The number of carbonyl (C=O) groups is 2. The van der Waals surface area contributed by atoms with Crippen LogP contribution in [0.25, 0.3) is 0 Å². The molecule has 0 atom stereocenters. The zero-order valence-electron chi connectivity index (χ0n) is 11.3. The summed E-state index contributed by atoms with van der Waals surface area (Å²) in [5.74, 6) is -0.932. The molecule has 0 aromatic carbocycles. The molecular formula is C14H23NO4. The number of carboxylic acid groups (broad SMARTS) is 1. The Labute approximate surface area is 113 Å². The van der Waals surface area contributed by atoms with Crippen LogP contribution in [0, 0.1) is 5.41 Å². The van der Waals surface area contributed by atoms with E-state index in [0.29, 0.717) is 19.4 Å². The van der Waals surface area contributed by atoms with Crippen LogP contribution in [0.5, 0.6) is 0 Å². The smallest absolute Gasteiger partial charge is 0.310 e. The van der Waals surface area contributed by atoms with Gasteiger partial charge in [0.1, 0.15) is 0 Å². The molecule has 0 aliphatic heterocycles. The van der Waals surface area contributed by atoms with E-state index >= 15 is 0 Å². The minimum absolute atomic E-state index is 0.0533. The summed E-state index contributed by atoms with van der Waals surface area (Å²) in [5, 5.41) is 18.5. The number of nitrogens with zero attached hydrogens (tertiary/aromatic N) is 1. The minimum atomic E-state index is -0.853. The number of hydrogen-bond donors (Lipinski definition) is 2. The molecule has 0 unspecified atom stereocenters. The van der Waals surface area contributed by atoms with E-state index in [4.69, 9.17) is 5.11 Å². The van der Waals surface area contributed by atoms with Crippen molar-refractivity contribution in [1.29, 1.82) is 0 Å². The molecule has 2 aliphatic carbocycles. The monoisotopic (exact) mass is 269 g/mol. The highest BCUT2D eigenvalue weighted by Gasteiger charge is 2.44. The fourth-order valence-electron chi connectivity index (χ4n) is 3.23. The predicted molar refractivity (Wildman–Crippen MR) is 69.6 cm³/mol. The highest BCUT2D eigenvalue weighted by atomic mass is 16.4. The van der Waals surface area contributed by atoms with Gasteiger partial charge in [0.2, 0.25) is 5.91 Å². The third-order valence-corrected chi connectivity index (χ3v) is 4.68. The van der Waals surface area contributed by atoms with Crippen molar-refractivity contribution < 1.29 is 19.8 Å². The number of aliphatic hydroxyl groups excluding tert-OH is 1. The van der Waals surface area contributed by atoms with Gasteiger partial charge in [0, 0.05) is 19.0 Å². The second-order valence-electron chi connectivity index (χ2n) is 5.86. The summed E-state index contributed by atoms with van der Waals surface area (Å²) in [5.41, 5.74) is -0.853. The quantitative estimate of drug-likeness (QED) is 0.764. The molecule has 1 amide bonds. The Hall–Kier alpha value is -1.10. The van der Waals surface area contributed by atoms with E-state index in [1.807, 2.05) is 0 Å². The van der Waals surface area contributed by atoms with Crippen LogP contribution in [-0.2, 0) is 9.59 Å². The lowest BCUT2D eigenvalue weighted by Gasteiger charge is -2.38. The Balaban J connectivity index is 2.02. The van der Waals surface area contributed by atoms with Crippen LogP contribution >= 0.6 is 0 Å². The molecule has 108 valence electrons. The number of rotatable bonds is 6. The van der Waals surface area contributed by atoms with E-state index in [0.717, 1.165) is 32.1 Å². The minimum Gasteiger partial charge on any atom is -0.481 e. The number of hydrogen-bond acceptors (Lipinski definition) is 3. The zero-order chi connectivity index (χ0) is 13.9. The van der Waals surface area contributed by atoms with Crippen LogP contribution in [0.2, 0.25) is 0 Å². The SMILES string of the molecule is O=C(CC1(C(=O)O)CCCC1)N(CCO)C1CCC1. The van der Waals surface area contributed by atoms with Crippen LogP contribution in [0.4, 0.5) is 0 Å². The van der Waals surface area contributed by atoms with E-state index in [1.165, 1.54) is 0 Å². The summed E-state index contributed by atoms with van der Waals surface area (Å²) in [4.78, 5) is 25.6. The maximum atomic E-state index is 12.4. The van der Waals surface area contributed by atoms with Gasteiger partial charge in [-0.3, -0.25) is 9.59 Å². The van der Waals surface area contributed by atoms with Gasteiger partial charge in [-0.25, -0.2) is 0 Å². The first-order chi connectivity index (χ1) is 9.09. The first kappa shape index (κ1) is 14.3. The number of carboxylic acids is 1. The fourth-order valence-corrected chi connectivity index (χ4v) is 3.23. The third kappa shape index (κ3) is 2.91. The summed E-state index contributed by atoms with van der Waals surface area (Å²) in [6.45, 7) is 0.279. The number of amides is 1. The Morgan fingerprint density at radius 3 is 2.21 bits per heavy atom. The second-order valence-corrected chi connectivity index (χ2v) is 5.86. The molecule has 2 aliphatic rings. The molecule has 2 fully saturated rings. The zero-order valence-corrected chi connectivity index (χ0v) is 11.3. The van der Waals surface area contributed by atoms with E-state index in [2.05, 4.69) is 0 Å². The van der Waals surface area contributed by atoms with Gasteiger partial charge in [-0.15, -0.1) is 0 Å². The van der Waals surface area contributed by atoms with Crippen molar-refractivity contribution in [3.63, 3.8) is 0 Å². The molecule has 2 rings (SSSR count). The molecule has 5 heteroatoms. The van der Waals surface area contributed by atoms with E-state index in [-0.39, 0.29) is 25.0 Å². The van der Waals surface area contributed by atoms with Crippen molar-refractivity contribution in [3.05, 3.63) is 0 Å². The van der Waals surface area contributed by atoms with Gasteiger partial charge in [0.15, 0.2) is 0 Å². The lowest BCUT2D eigenvalue weighted by atomic mass is 9.81. The Morgan fingerprint density at radius 2 is 1.79 bits per heavy atom. The van der Waals surface area contributed by atoms with Crippen molar-refractivity contribution in [1.82, 2.24) is 4.90 Å². The van der Waals surface area contributed by atoms with Gasteiger partial charge in [0.05, 0.1) is 12.0 Å². The van der Waals surface area contributed by atoms with Gasteiger partial charge < -0.3 is 15.1 Å². The Kier molecular flexibility index (Phi) is 4.45. The van der Waals surface area contributed by atoms with Crippen LogP contribution < -0.4 is 0 Å². The van der Waals surface area contributed by atoms with E-state index in [1.54, 1.807) is 4.90 Å². The normalized spacial score (nSPS) is 21.9. The van der Waals surface area contributed by atoms with Gasteiger partial charge >= 0.3 is 5.97 Å². The van der Waals surface area contributed by atoms with Gasteiger partial charge in [-0.2, -0.15) is 0 Å². The predicted octanol–water partition coefficient (Wildman–Crippen LogP) is 1.39. The second kappa shape index (κ2) is 5.90. The number of aliphatic hydroxyl groups is 1. The van der Waals surface area contributed by atoms with Crippen molar-refractivity contribution in [2.75, 3.05) is 13.2 Å². The molecule has 2 saturated carbocycles. The molecule has 0 heterocycles. The summed E-state index contributed by atoms with van der Waals surface area (Å²) in [6, 6.07) is 0.215. The Morgan fingerprint density at radius 1 is 1.16 bits per heavy atom. The third-order valence-electron chi connectivity index (χ3n) is 4.68. The summed E-state index contributed by atoms with van der Waals surface area (Å²) in [7, 11) is 0. The van der Waals surface area contributed by atoms with Crippen molar-refractivity contribution in [2.24, 2.45) is 5.41 Å². The largest absolute Gasteiger partial charge is 0.481 e. The molecular weight excluding hydrogens is 246 g/mol. The van der Waals surface area contributed by atoms with Crippen molar-refractivity contribution in [3.8, 4) is 0 Å². The summed E-state index contributed by atoms with van der Waals surface area (Å²) in [6.07, 6.45) is 6.16. The van der Waals surface area contributed by atoms with Gasteiger partial charge in [0.25, 0.3) is 0 Å². The topological polar surface area (TPSA) is 77.8 Å². The highest BCUT2D eigenvalue weighted by molar-refractivity contribution is 5.85. The van der Waals surface area contributed by atoms with Crippen LogP contribution in [0.1, 0.15) is 51.4 Å². The van der Waals surface area contributed by atoms with Crippen LogP contribution in [0.15, 0.2) is 0 Å². The maximum absolute atomic E-state index is 12.4. The Bertz CT molecular complexity index is 345. The first-order valence-corrected chi connectivity index (χ1v) is 7.23. The van der Waals surface area contributed by atoms with Gasteiger partial charge in [-0.05, 0) is 32.1 Å². The first-order valence-electron chi connectivity index (χ1n) is 7.23. The number of aliphatic carboxylic acids is 1. The molecule has 0 bridgehead atoms. The molecule has 5 nitrogen and oxygen atoms in total. The van der Waals surface area contributed by atoms with Gasteiger partial charge in [-0.1, -0.05) is 12.8 Å². The van der Waals surface area contributed by atoms with Crippen molar-refractivity contribution >= 4 is 11.9 Å². The van der Waals surface area contributed by atoms with Crippen LogP contribution in [-0.4, -0.2) is 46.2 Å². The lowest BCUT2D eigenvalue weighted by Crippen LogP contribution is -2.47. The lowest BCUT2D eigenvalue weighted by molar-refractivity contribution is -0.154. The molecule has 2 N–H and O–H groups in total. The van der Waals surface area contributed by atoms with E-state index < -0.39 is 11.4 Å². The molecule has 19 heavy (non-hydrogen) atoms. The van der Waals surface area contributed by atoms with E-state index in [9.17, 15) is 14.7 Å². The average molecular weight is 269 g/mol. The number of carbonyl (C=O) groups excluding carboxylic acids is 1. The maximum Gasteiger partial charge on any atom is 0.310 e. The van der Waals surface area contributed by atoms with Crippen LogP contribution in [0.3, 0.4) is 0 Å². The fraction of sp³-hybridized carbons (Fsp3) is 0.857. The standard InChI is InChI=1S/C14H23NO4/c16-9-8-15(11-4-3-5-11)12(17)10-14(13(18)19)6-1-2-7-14/h11,16H,1-10H2,(H,18,19). The highest BCUT2D eigenvalue weighted by Crippen LogP contribution is 2.42.